The van der Waals surface area contributed by atoms with E-state index in [2.05, 4.69) is 4.98 Å². The van der Waals surface area contributed by atoms with Crippen molar-refractivity contribution < 1.29 is 10.2 Å². The number of nitrogens with zero attached hydrogens (tertiary/aromatic N) is 2. The summed E-state index contributed by atoms with van der Waals surface area (Å²) in [5.41, 5.74) is 4.99. The molecule has 0 aromatic carbocycles. The van der Waals surface area contributed by atoms with Crippen LogP contribution in [0.5, 0.6) is 0 Å². The van der Waals surface area contributed by atoms with Crippen molar-refractivity contribution in [2.45, 2.75) is 12.5 Å². The third-order valence-corrected chi connectivity index (χ3v) is 3.30. The highest BCUT2D eigenvalue weighted by atomic mass is 16.3. The zero-order valence-corrected chi connectivity index (χ0v) is 8.78. The molecule has 1 aliphatic carbocycles. The van der Waals surface area contributed by atoms with Crippen LogP contribution in [0.3, 0.4) is 0 Å². The Hall–Kier alpha value is -1.40. The lowest BCUT2D eigenvalue weighted by Crippen LogP contribution is -2.46. The summed E-state index contributed by atoms with van der Waals surface area (Å²) in [4.78, 5) is 15.2. The number of nitrogens with two attached hydrogens (primary N) is 1. The average Bonchev–Trinajstić information content (AvgIpc) is 2.21. The molecule has 0 radical (unpaired) electrons. The van der Waals surface area contributed by atoms with E-state index >= 15 is 0 Å². The zero-order valence-electron chi connectivity index (χ0n) is 8.78. The van der Waals surface area contributed by atoms with Crippen LogP contribution in [0, 0.1) is 11.8 Å². The number of nitrogen functional groups attached to an aromatic ring is 1. The van der Waals surface area contributed by atoms with Crippen LogP contribution in [0.25, 0.3) is 0 Å². The number of aliphatic hydroxyl groups is 2. The fraction of sp³-hybridized carbons (Fsp3) is 0.600. The molecule has 1 aromatic rings. The Morgan fingerprint density at radius 1 is 1.50 bits per heavy atom. The molecule has 2 rings (SSSR count). The number of aliphatic hydroxyl groups excluding tert-OH is 2. The van der Waals surface area contributed by atoms with Crippen molar-refractivity contribution in [2.75, 3.05) is 18.9 Å². The van der Waals surface area contributed by atoms with Crippen molar-refractivity contribution >= 4 is 5.82 Å². The van der Waals surface area contributed by atoms with Crippen LogP contribution in [-0.2, 0) is 0 Å². The molecule has 0 unspecified atom stereocenters. The molecule has 0 saturated heterocycles. The molecule has 1 heterocycles. The molecule has 3 atom stereocenters. The number of aromatic nitrogens is 2. The first-order valence-electron chi connectivity index (χ1n) is 5.23. The van der Waals surface area contributed by atoms with E-state index in [4.69, 9.17) is 10.8 Å². The predicted molar refractivity (Wildman–Crippen MR) is 57.7 cm³/mol. The first-order chi connectivity index (χ1) is 7.67. The highest BCUT2D eigenvalue weighted by Gasteiger charge is 2.41. The topological polar surface area (TPSA) is 101 Å². The molecule has 1 fully saturated rings. The summed E-state index contributed by atoms with van der Waals surface area (Å²) in [6.45, 7) is 0.00554. The third-order valence-electron chi connectivity index (χ3n) is 3.30. The highest BCUT2D eigenvalue weighted by molar-refractivity contribution is 5.23. The maximum absolute atomic E-state index is 11.6. The first kappa shape index (κ1) is 11.1. The summed E-state index contributed by atoms with van der Waals surface area (Å²) in [7, 11) is 0. The molecule has 88 valence electrons. The van der Waals surface area contributed by atoms with Gasteiger partial charge in [-0.2, -0.15) is 4.98 Å². The van der Waals surface area contributed by atoms with E-state index < -0.39 is 5.69 Å². The minimum absolute atomic E-state index is 0.0350. The molecule has 0 amide bonds. The van der Waals surface area contributed by atoms with Gasteiger partial charge in [0.2, 0.25) is 0 Å². The normalized spacial score (nSPS) is 28.8. The molecule has 6 heteroatoms. The number of anilines is 1. The summed E-state index contributed by atoms with van der Waals surface area (Å²) in [5.74, 6) is 0.187. The Morgan fingerprint density at radius 2 is 2.25 bits per heavy atom. The molecule has 0 bridgehead atoms. The maximum Gasteiger partial charge on any atom is 0.349 e. The predicted octanol–water partition coefficient (Wildman–Crippen LogP) is -1.01. The maximum atomic E-state index is 11.6. The quantitative estimate of drug-likeness (QED) is 0.611. The second-order valence-electron chi connectivity index (χ2n) is 4.13. The third kappa shape index (κ3) is 1.70. The van der Waals surface area contributed by atoms with Gasteiger partial charge in [0, 0.05) is 31.4 Å². The lowest BCUT2D eigenvalue weighted by atomic mass is 9.70. The molecule has 0 spiro atoms. The number of rotatable bonds is 3. The first-order valence-corrected chi connectivity index (χ1v) is 5.23. The molecule has 6 nitrogen and oxygen atoms in total. The van der Waals surface area contributed by atoms with Crippen molar-refractivity contribution in [2.24, 2.45) is 11.8 Å². The van der Waals surface area contributed by atoms with Gasteiger partial charge in [0.1, 0.15) is 5.82 Å². The van der Waals surface area contributed by atoms with Gasteiger partial charge < -0.3 is 15.9 Å². The van der Waals surface area contributed by atoms with Crippen LogP contribution < -0.4 is 11.4 Å². The molecule has 16 heavy (non-hydrogen) atoms. The van der Waals surface area contributed by atoms with E-state index in [0.717, 1.165) is 0 Å². The van der Waals surface area contributed by atoms with Crippen molar-refractivity contribution in [3.63, 3.8) is 0 Å². The number of hydrogen-bond donors (Lipinski definition) is 3. The second kappa shape index (κ2) is 4.23. The minimum Gasteiger partial charge on any atom is -0.396 e. The van der Waals surface area contributed by atoms with E-state index in [-0.39, 0.29) is 36.9 Å². The Balaban J connectivity index is 2.23. The van der Waals surface area contributed by atoms with Crippen molar-refractivity contribution in [3.05, 3.63) is 22.7 Å². The van der Waals surface area contributed by atoms with E-state index in [1.807, 2.05) is 0 Å². The Morgan fingerprint density at radius 3 is 2.81 bits per heavy atom. The smallest absolute Gasteiger partial charge is 0.349 e. The molecule has 1 aromatic heterocycles. The monoisotopic (exact) mass is 225 g/mol. The Bertz CT molecular complexity index is 432. The van der Waals surface area contributed by atoms with Crippen LogP contribution in [0.15, 0.2) is 17.1 Å². The van der Waals surface area contributed by atoms with Crippen LogP contribution >= 0.6 is 0 Å². The van der Waals surface area contributed by atoms with Gasteiger partial charge in [-0.15, -0.1) is 0 Å². The van der Waals surface area contributed by atoms with Crippen LogP contribution in [-0.4, -0.2) is 33.0 Å². The van der Waals surface area contributed by atoms with Crippen molar-refractivity contribution in [1.82, 2.24) is 9.55 Å². The summed E-state index contributed by atoms with van der Waals surface area (Å²) in [6.07, 6.45) is 2.28. The molecule has 0 aliphatic heterocycles. The minimum atomic E-state index is -0.403. The largest absolute Gasteiger partial charge is 0.396 e. The van der Waals surface area contributed by atoms with Gasteiger partial charge >= 0.3 is 5.69 Å². The van der Waals surface area contributed by atoms with Gasteiger partial charge in [0.05, 0.1) is 0 Å². The SMILES string of the molecule is Nc1ccn([C@@H]2C[C@H](CO)[C@@H]2CO)c(=O)n1. The lowest BCUT2D eigenvalue weighted by Gasteiger charge is -2.43. The lowest BCUT2D eigenvalue weighted by molar-refractivity contribution is -0.00865. The van der Waals surface area contributed by atoms with E-state index in [9.17, 15) is 9.90 Å². The van der Waals surface area contributed by atoms with Gasteiger partial charge in [0.15, 0.2) is 0 Å². The Labute approximate surface area is 92.4 Å². The van der Waals surface area contributed by atoms with Gasteiger partial charge in [0.25, 0.3) is 0 Å². The zero-order chi connectivity index (χ0) is 11.7. The molecule has 1 aliphatic rings. The second-order valence-corrected chi connectivity index (χ2v) is 4.13. The molecular weight excluding hydrogens is 210 g/mol. The average molecular weight is 225 g/mol. The van der Waals surface area contributed by atoms with E-state index in [0.29, 0.717) is 6.42 Å². The molecule has 4 N–H and O–H groups in total. The standard InChI is InChI=1S/C10H15N3O3/c11-9-1-2-13(10(16)12-9)8-3-6(4-14)7(8)5-15/h1-2,6-8,14-15H,3-5H2,(H2,11,12,16)/t6-,7+,8-/m1/s1. The summed E-state index contributed by atoms with van der Waals surface area (Å²) >= 11 is 0. The van der Waals surface area contributed by atoms with Crippen LogP contribution in [0.2, 0.25) is 0 Å². The van der Waals surface area contributed by atoms with Crippen molar-refractivity contribution in [3.8, 4) is 0 Å². The fourth-order valence-corrected chi connectivity index (χ4v) is 2.26. The molecule has 1 saturated carbocycles. The van der Waals surface area contributed by atoms with Gasteiger partial charge in [-0.3, -0.25) is 4.57 Å². The highest BCUT2D eigenvalue weighted by Crippen LogP contribution is 2.42. The summed E-state index contributed by atoms with van der Waals surface area (Å²) in [6, 6.07) is 1.48. The van der Waals surface area contributed by atoms with Crippen LogP contribution in [0.4, 0.5) is 5.82 Å². The van der Waals surface area contributed by atoms with Crippen LogP contribution in [0.1, 0.15) is 12.5 Å². The summed E-state index contributed by atoms with van der Waals surface area (Å²) < 4.78 is 1.48. The fourth-order valence-electron chi connectivity index (χ4n) is 2.26. The van der Waals surface area contributed by atoms with Gasteiger partial charge in [-0.1, -0.05) is 0 Å². The summed E-state index contributed by atoms with van der Waals surface area (Å²) in [5, 5.41) is 18.2. The molecular formula is C10H15N3O3. The number of hydrogen-bond acceptors (Lipinski definition) is 5. The van der Waals surface area contributed by atoms with Crippen molar-refractivity contribution in [1.29, 1.82) is 0 Å². The van der Waals surface area contributed by atoms with Gasteiger partial charge in [-0.05, 0) is 18.4 Å². The van der Waals surface area contributed by atoms with E-state index in [1.54, 1.807) is 12.3 Å². The van der Waals surface area contributed by atoms with E-state index in [1.165, 1.54) is 4.57 Å². The Kier molecular flexibility index (Phi) is 2.93. The van der Waals surface area contributed by atoms with Gasteiger partial charge in [-0.25, -0.2) is 4.79 Å².